The Balaban J connectivity index is 1.66. The van der Waals surface area contributed by atoms with Crippen LogP contribution in [-0.4, -0.2) is 29.6 Å². The van der Waals surface area contributed by atoms with E-state index < -0.39 is 6.10 Å². The van der Waals surface area contributed by atoms with Crippen molar-refractivity contribution in [2.45, 2.75) is 12.5 Å². The zero-order chi connectivity index (χ0) is 17.8. The van der Waals surface area contributed by atoms with Gasteiger partial charge in [-0.05, 0) is 48.4 Å². The van der Waals surface area contributed by atoms with Crippen LogP contribution < -0.4 is 4.74 Å². The van der Waals surface area contributed by atoms with Crippen molar-refractivity contribution in [2.75, 3.05) is 13.7 Å². The molecule has 2 atom stereocenters. The Morgan fingerprint density at radius 3 is 2.44 bits per heavy atom. The molecule has 0 saturated carbocycles. The predicted octanol–water partition coefficient (Wildman–Crippen LogP) is 4.06. The van der Waals surface area contributed by atoms with E-state index >= 15 is 0 Å². The minimum absolute atomic E-state index is 0.0268. The molecule has 0 radical (unpaired) electrons. The fourth-order valence-corrected chi connectivity index (χ4v) is 3.04. The van der Waals surface area contributed by atoms with Gasteiger partial charge in [0.05, 0.1) is 13.2 Å². The van der Waals surface area contributed by atoms with Crippen molar-refractivity contribution >= 4 is 17.5 Å². The summed E-state index contributed by atoms with van der Waals surface area (Å²) in [4.78, 5) is 14.2. The molecule has 3 rings (SSSR count). The lowest BCUT2D eigenvalue weighted by atomic mass is 9.91. The average Bonchev–Trinajstić information content (AvgIpc) is 2.67. The lowest BCUT2D eigenvalue weighted by Gasteiger charge is -2.29. The molecule has 2 unspecified atom stereocenters. The van der Waals surface area contributed by atoms with Gasteiger partial charge >= 0.3 is 0 Å². The first-order chi connectivity index (χ1) is 12.1. The maximum atomic E-state index is 12.5. The fraction of sp³-hybridized carbons (Fsp3) is 0.250. The standard InChI is InChI=1S/C20H20ClNO3/c1-25-18-8-4-16(5-9-18)20(24)22-12-10-15(11-13-22)19(23)14-2-6-17(21)7-3-14/h2-10,12,15,19,23H,11,13H2,1H3. The second-order valence-corrected chi connectivity index (χ2v) is 6.45. The van der Waals surface area contributed by atoms with E-state index in [1.165, 1.54) is 0 Å². The van der Waals surface area contributed by atoms with Crippen LogP contribution in [0.1, 0.15) is 28.4 Å². The highest BCUT2D eigenvalue weighted by molar-refractivity contribution is 6.30. The number of benzene rings is 2. The van der Waals surface area contributed by atoms with Crippen LogP contribution in [0.2, 0.25) is 5.02 Å². The highest BCUT2D eigenvalue weighted by Gasteiger charge is 2.25. The third kappa shape index (κ3) is 4.03. The van der Waals surface area contributed by atoms with Crippen molar-refractivity contribution in [2.24, 2.45) is 5.92 Å². The van der Waals surface area contributed by atoms with E-state index in [-0.39, 0.29) is 11.8 Å². The van der Waals surface area contributed by atoms with Gasteiger partial charge in [0.15, 0.2) is 0 Å². The average molecular weight is 358 g/mol. The molecule has 130 valence electrons. The molecule has 1 amide bonds. The Bertz CT molecular complexity index is 756. The Kier molecular flexibility index (Phi) is 5.41. The summed E-state index contributed by atoms with van der Waals surface area (Å²) in [5.74, 6) is 0.635. The first kappa shape index (κ1) is 17.5. The number of aliphatic hydroxyl groups excluding tert-OH is 1. The molecule has 25 heavy (non-hydrogen) atoms. The van der Waals surface area contributed by atoms with Crippen molar-refractivity contribution in [3.63, 3.8) is 0 Å². The third-order valence-corrected chi connectivity index (χ3v) is 4.68. The molecule has 2 aromatic carbocycles. The van der Waals surface area contributed by atoms with Gasteiger partial charge in [-0.2, -0.15) is 0 Å². The quantitative estimate of drug-likeness (QED) is 0.897. The van der Waals surface area contributed by atoms with Gasteiger partial charge in [0.25, 0.3) is 5.91 Å². The predicted molar refractivity (Wildman–Crippen MR) is 97.7 cm³/mol. The number of aliphatic hydroxyl groups is 1. The number of rotatable bonds is 4. The van der Waals surface area contributed by atoms with Gasteiger partial charge in [-0.15, -0.1) is 0 Å². The van der Waals surface area contributed by atoms with Crippen LogP contribution in [0.4, 0.5) is 0 Å². The summed E-state index contributed by atoms with van der Waals surface area (Å²) < 4.78 is 5.11. The summed E-state index contributed by atoms with van der Waals surface area (Å²) in [6.45, 7) is 0.566. The number of carbonyl (C=O) groups excluding carboxylic acids is 1. The highest BCUT2D eigenvalue weighted by Crippen LogP contribution is 2.30. The number of hydrogen-bond acceptors (Lipinski definition) is 3. The summed E-state index contributed by atoms with van der Waals surface area (Å²) >= 11 is 5.89. The molecule has 0 fully saturated rings. The van der Waals surface area contributed by atoms with Crippen LogP contribution >= 0.6 is 11.6 Å². The molecule has 5 heteroatoms. The van der Waals surface area contributed by atoms with Crippen molar-refractivity contribution < 1.29 is 14.6 Å². The Labute approximate surface area is 152 Å². The molecule has 1 aliphatic heterocycles. The second kappa shape index (κ2) is 7.72. The first-order valence-electron chi connectivity index (χ1n) is 8.15. The molecule has 2 aromatic rings. The fourth-order valence-electron chi connectivity index (χ4n) is 2.91. The first-order valence-corrected chi connectivity index (χ1v) is 8.53. The van der Waals surface area contributed by atoms with Crippen LogP contribution in [0.15, 0.2) is 60.8 Å². The molecule has 1 N–H and O–H groups in total. The summed E-state index contributed by atoms with van der Waals surface area (Å²) in [5, 5.41) is 11.2. The van der Waals surface area contributed by atoms with Crippen LogP contribution in [0.3, 0.4) is 0 Å². The van der Waals surface area contributed by atoms with E-state index in [2.05, 4.69) is 0 Å². The van der Waals surface area contributed by atoms with Gasteiger partial charge in [0.1, 0.15) is 5.75 Å². The molecule has 0 saturated heterocycles. The molecule has 1 heterocycles. The zero-order valence-corrected chi connectivity index (χ0v) is 14.7. The largest absolute Gasteiger partial charge is 0.497 e. The second-order valence-electron chi connectivity index (χ2n) is 6.02. The maximum absolute atomic E-state index is 12.5. The lowest BCUT2D eigenvalue weighted by molar-refractivity contribution is 0.0759. The Morgan fingerprint density at radius 2 is 1.88 bits per heavy atom. The lowest BCUT2D eigenvalue weighted by Crippen LogP contribution is -2.32. The Morgan fingerprint density at radius 1 is 1.20 bits per heavy atom. The van der Waals surface area contributed by atoms with E-state index in [9.17, 15) is 9.90 Å². The summed E-state index contributed by atoms with van der Waals surface area (Å²) in [6, 6.07) is 14.2. The summed E-state index contributed by atoms with van der Waals surface area (Å²) in [5.41, 5.74) is 1.44. The minimum Gasteiger partial charge on any atom is -0.497 e. The number of hydrogen-bond donors (Lipinski definition) is 1. The molecular formula is C20H20ClNO3. The van der Waals surface area contributed by atoms with Crippen LogP contribution in [-0.2, 0) is 0 Å². The molecular weight excluding hydrogens is 338 g/mol. The van der Waals surface area contributed by atoms with E-state index in [0.29, 0.717) is 23.6 Å². The summed E-state index contributed by atoms with van der Waals surface area (Å²) in [7, 11) is 1.59. The van der Waals surface area contributed by atoms with E-state index in [1.54, 1.807) is 54.6 Å². The van der Waals surface area contributed by atoms with E-state index in [0.717, 1.165) is 11.3 Å². The van der Waals surface area contributed by atoms with Gasteiger partial charge in [0.2, 0.25) is 0 Å². The molecule has 1 aliphatic rings. The number of halogens is 1. The molecule has 4 nitrogen and oxygen atoms in total. The van der Waals surface area contributed by atoms with Crippen molar-refractivity contribution in [1.29, 1.82) is 0 Å². The Hall–Kier alpha value is -2.30. The van der Waals surface area contributed by atoms with Crippen molar-refractivity contribution in [3.8, 4) is 5.75 Å². The molecule has 0 bridgehead atoms. The maximum Gasteiger partial charge on any atom is 0.257 e. The van der Waals surface area contributed by atoms with Crippen molar-refractivity contribution in [3.05, 3.63) is 77.0 Å². The number of nitrogens with zero attached hydrogens (tertiary/aromatic N) is 1. The van der Waals surface area contributed by atoms with Gasteiger partial charge in [-0.25, -0.2) is 0 Å². The smallest absolute Gasteiger partial charge is 0.257 e. The van der Waals surface area contributed by atoms with Crippen molar-refractivity contribution in [1.82, 2.24) is 4.90 Å². The molecule has 0 aromatic heterocycles. The normalized spacial score (nSPS) is 18.0. The number of amides is 1. The van der Waals surface area contributed by atoms with Crippen LogP contribution in [0.25, 0.3) is 0 Å². The van der Waals surface area contributed by atoms with Gasteiger partial charge in [-0.1, -0.05) is 29.8 Å². The van der Waals surface area contributed by atoms with E-state index in [1.807, 2.05) is 18.2 Å². The van der Waals surface area contributed by atoms with Crippen LogP contribution in [0.5, 0.6) is 5.75 Å². The van der Waals surface area contributed by atoms with E-state index in [4.69, 9.17) is 16.3 Å². The molecule has 0 aliphatic carbocycles. The van der Waals surface area contributed by atoms with Gasteiger partial charge in [0, 0.05) is 29.2 Å². The number of methoxy groups -OCH3 is 1. The molecule has 0 spiro atoms. The van der Waals surface area contributed by atoms with Crippen LogP contribution in [0, 0.1) is 5.92 Å². The SMILES string of the molecule is COc1ccc(C(=O)N2C=CC(C(O)c3ccc(Cl)cc3)CC2)cc1. The topological polar surface area (TPSA) is 49.8 Å². The summed E-state index contributed by atoms with van der Waals surface area (Å²) in [6.07, 6.45) is 3.75. The highest BCUT2D eigenvalue weighted by atomic mass is 35.5. The minimum atomic E-state index is -0.605. The van der Waals surface area contributed by atoms with Gasteiger partial charge in [-0.3, -0.25) is 4.79 Å². The third-order valence-electron chi connectivity index (χ3n) is 4.43. The number of ether oxygens (including phenoxy) is 1. The number of carbonyl (C=O) groups is 1. The van der Waals surface area contributed by atoms with Gasteiger partial charge < -0.3 is 14.7 Å². The zero-order valence-electron chi connectivity index (χ0n) is 13.9. The monoisotopic (exact) mass is 357 g/mol.